The fourth-order valence-corrected chi connectivity index (χ4v) is 1.85. The van der Waals surface area contributed by atoms with Gasteiger partial charge in [0.25, 0.3) is 0 Å². The number of hydrogen-bond donors (Lipinski definition) is 1. The number of esters is 1. The van der Waals surface area contributed by atoms with Crippen LogP contribution in [0.5, 0.6) is 11.5 Å². The van der Waals surface area contributed by atoms with Gasteiger partial charge in [-0.3, -0.25) is 0 Å². The second-order valence-corrected chi connectivity index (χ2v) is 5.07. The summed E-state index contributed by atoms with van der Waals surface area (Å²) in [5.41, 5.74) is 0.958. The molecule has 0 aliphatic carbocycles. The number of carbonyl (C=O) groups is 1. The van der Waals surface area contributed by atoms with E-state index in [-0.39, 0.29) is 12.6 Å². The zero-order valence-corrected chi connectivity index (χ0v) is 13.3. The lowest BCUT2D eigenvalue weighted by atomic mass is 10.1. The first kappa shape index (κ1) is 17.3. The van der Waals surface area contributed by atoms with Crippen molar-refractivity contribution in [1.29, 1.82) is 0 Å². The summed E-state index contributed by atoms with van der Waals surface area (Å²) < 4.78 is 15.8. The Kier molecular flexibility index (Phi) is 7.61. The zero-order valence-electron chi connectivity index (χ0n) is 13.3. The average molecular weight is 295 g/mol. The molecule has 0 heterocycles. The summed E-state index contributed by atoms with van der Waals surface area (Å²) in [5, 5.41) is 3.35. The highest BCUT2D eigenvalue weighted by Crippen LogP contribution is 2.31. The Morgan fingerprint density at radius 2 is 2.10 bits per heavy atom. The van der Waals surface area contributed by atoms with Gasteiger partial charge >= 0.3 is 5.97 Å². The van der Waals surface area contributed by atoms with E-state index in [1.807, 2.05) is 18.2 Å². The average Bonchev–Trinajstić information content (AvgIpc) is 2.45. The van der Waals surface area contributed by atoms with Gasteiger partial charge in [-0.1, -0.05) is 26.0 Å². The lowest BCUT2D eigenvalue weighted by Crippen LogP contribution is -2.20. The maximum atomic E-state index is 11.4. The third-order valence-electron chi connectivity index (χ3n) is 2.79. The molecule has 0 aliphatic heterocycles. The van der Waals surface area contributed by atoms with Gasteiger partial charge in [0.1, 0.15) is 0 Å². The summed E-state index contributed by atoms with van der Waals surface area (Å²) >= 11 is 0. The van der Waals surface area contributed by atoms with Crippen LogP contribution in [0.2, 0.25) is 0 Å². The SMILES string of the molecule is CCOC(=O)COc1c(CNCC(C)C)cccc1OC. The van der Waals surface area contributed by atoms with E-state index in [9.17, 15) is 4.79 Å². The molecule has 5 nitrogen and oxygen atoms in total. The number of hydrogen-bond acceptors (Lipinski definition) is 5. The van der Waals surface area contributed by atoms with Gasteiger partial charge in [0.05, 0.1) is 13.7 Å². The zero-order chi connectivity index (χ0) is 15.7. The van der Waals surface area contributed by atoms with Crippen molar-refractivity contribution < 1.29 is 19.0 Å². The molecule has 1 rings (SSSR count). The van der Waals surface area contributed by atoms with E-state index < -0.39 is 0 Å². The largest absolute Gasteiger partial charge is 0.493 e. The summed E-state index contributed by atoms with van der Waals surface area (Å²) in [5.74, 6) is 1.39. The third kappa shape index (κ3) is 6.04. The van der Waals surface area contributed by atoms with Crippen LogP contribution in [0.3, 0.4) is 0 Å². The minimum Gasteiger partial charge on any atom is -0.493 e. The molecule has 118 valence electrons. The van der Waals surface area contributed by atoms with Crippen LogP contribution in [-0.4, -0.2) is 32.8 Å². The lowest BCUT2D eigenvalue weighted by molar-refractivity contribution is -0.145. The predicted molar refractivity (Wildman–Crippen MR) is 81.7 cm³/mol. The quantitative estimate of drug-likeness (QED) is 0.709. The summed E-state index contributed by atoms with van der Waals surface area (Å²) in [4.78, 5) is 11.4. The molecule has 0 bridgehead atoms. The Morgan fingerprint density at radius 3 is 2.71 bits per heavy atom. The van der Waals surface area contributed by atoms with E-state index in [0.717, 1.165) is 12.1 Å². The lowest BCUT2D eigenvalue weighted by Gasteiger charge is -2.15. The first-order valence-corrected chi connectivity index (χ1v) is 7.23. The highest BCUT2D eigenvalue weighted by atomic mass is 16.6. The van der Waals surface area contributed by atoms with Crippen molar-refractivity contribution in [2.75, 3.05) is 26.9 Å². The van der Waals surface area contributed by atoms with Crippen molar-refractivity contribution >= 4 is 5.97 Å². The Hall–Kier alpha value is -1.75. The number of methoxy groups -OCH3 is 1. The maximum absolute atomic E-state index is 11.4. The monoisotopic (exact) mass is 295 g/mol. The van der Waals surface area contributed by atoms with Gasteiger partial charge in [0.15, 0.2) is 18.1 Å². The van der Waals surface area contributed by atoms with Crippen LogP contribution in [0.4, 0.5) is 0 Å². The number of nitrogens with one attached hydrogen (secondary N) is 1. The van der Waals surface area contributed by atoms with Gasteiger partial charge in [0, 0.05) is 12.1 Å². The van der Waals surface area contributed by atoms with E-state index in [1.54, 1.807) is 14.0 Å². The number of rotatable bonds is 9. The van der Waals surface area contributed by atoms with Gasteiger partial charge in [-0.25, -0.2) is 4.79 Å². The second kappa shape index (κ2) is 9.23. The molecule has 1 aromatic rings. The van der Waals surface area contributed by atoms with Crippen molar-refractivity contribution in [2.24, 2.45) is 5.92 Å². The highest BCUT2D eigenvalue weighted by Gasteiger charge is 2.13. The second-order valence-electron chi connectivity index (χ2n) is 5.07. The Balaban J connectivity index is 2.74. The number of ether oxygens (including phenoxy) is 3. The van der Waals surface area contributed by atoms with Crippen LogP contribution in [0.25, 0.3) is 0 Å². The first-order chi connectivity index (χ1) is 10.1. The molecule has 0 unspecified atom stereocenters. The van der Waals surface area contributed by atoms with E-state index >= 15 is 0 Å². The van der Waals surface area contributed by atoms with Crippen LogP contribution in [0.15, 0.2) is 18.2 Å². The Labute approximate surface area is 126 Å². The fraction of sp³-hybridized carbons (Fsp3) is 0.562. The van der Waals surface area contributed by atoms with Gasteiger partial charge in [0.2, 0.25) is 0 Å². The molecule has 5 heteroatoms. The van der Waals surface area contributed by atoms with Crippen LogP contribution >= 0.6 is 0 Å². The smallest absolute Gasteiger partial charge is 0.344 e. The maximum Gasteiger partial charge on any atom is 0.344 e. The molecule has 0 fully saturated rings. The number of benzene rings is 1. The van der Waals surface area contributed by atoms with Crippen LogP contribution in [-0.2, 0) is 16.1 Å². The third-order valence-corrected chi connectivity index (χ3v) is 2.79. The standard InChI is InChI=1S/C16H25NO4/c1-5-20-15(18)11-21-16-13(10-17-9-12(2)3)7-6-8-14(16)19-4/h6-8,12,17H,5,9-11H2,1-4H3. The van der Waals surface area contributed by atoms with E-state index in [1.165, 1.54) is 0 Å². The highest BCUT2D eigenvalue weighted by molar-refractivity contribution is 5.71. The molecular weight excluding hydrogens is 270 g/mol. The normalized spacial score (nSPS) is 10.5. The van der Waals surface area contributed by atoms with Crippen molar-refractivity contribution in [3.8, 4) is 11.5 Å². The molecule has 0 aliphatic rings. The van der Waals surface area contributed by atoms with Crippen molar-refractivity contribution in [2.45, 2.75) is 27.3 Å². The van der Waals surface area contributed by atoms with Gasteiger partial charge in [-0.15, -0.1) is 0 Å². The fourth-order valence-electron chi connectivity index (χ4n) is 1.85. The molecule has 21 heavy (non-hydrogen) atoms. The van der Waals surface area contributed by atoms with E-state index in [0.29, 0.717) is 30.6 Å². The van der Waals surface area contributed by atoms with Gasteiger partial charge < -0.3 is 19.5 Å². The van der Waals surface area contributed by atoms with E-state index in [2.05, 4.69) is 19.2 Å². The molecule has 1 N–H and O–H groups in total. The van der Waals surface area contributed by atoms with Gasteiger partial charge in [-0.2, -0.15) is 0 Å². The molecule has 0 saturated carbocycles. The van der Waals surface area contributed by atoms with E-state index in [4.69, 9.17) is 14.2 Å². The molecule has 0 saturated heterocycles. The topological polar surface area (TPSA) is 56.8 Å². The molecule has 1 aromatic carbocycles. The van der Waals surface area contributed by atoms with Crippen LogP contribution < -0.4 is 14.8 Å². The van der Waals surface area contributed by atoms with Crippen molar-refractivity contribution in [1.82, 2.24) is 5.32 Å². The van der Waals surface area contributed by atoms with Crippen LogP contribution in [0.1, 0.15) is 26.3 Å². The van der Waals surface area contributed by atoms with Crippen molar-refractivity contribution in [3.05, 3.63) is 23.8 Å². The summed E-state index contributed by atoms with van der Waals surface area (Å²) in [6, 6.07) is 5.67. The predicted octanol–water partition coefficient (Wildman–Crippen LogP) is 2.38. The van der Waals surface area contributed by atoms with Crippen molar-refractivity contribution in [3.63, 3.8) is 0 Å². The minimum absolute atomic E-state index is 0.120. The summed E-state index contributed by atoms with van der Waals surface area (Å²) in [7, 11) is 1.58. The molecule has 0 radical (unpaired) electrons. The molecule has 0 atom stereocenters. The van der Waals surface area contributed by atoms with Gasteiger partial charge in [-0.05, 0) is 25.5 Å². The minimum atomic E-state index is -0.385. The first-order valence-electron chi connectivity index (χ1n) is 7.23. The molecule has 0 aromatic heterocycles. The number of para-hydroxylation sites is 1. The Bertz CT molecular complexity index is 446. The number of carbonyl (C=O) groups excluding carboxylic acids is 1. The van der Waals surface area contributed by atoms with Crippen LogP contribution in [0, 0.1) is 5.92 Å². The molecular formula is C16H25NO4. The molecule has 0 amide bonds. The summed E-state index contributed by atoms with van der Waals surface area (Å²) in [6.45, 7) is 7.86. The molecule has 0 spiro atoms. The Morgan fingerprint density at radius 1 is 1.33 bits per heavy atom. The summed E-state index contributed by atoms with van der Waals surface area (Å²) in [6.07, 6.45) is 0.